The van der Waals surface area contributed by atoms with Crippen molar-refractivity contribution >= 4 is 51.8 Å². The van der Waals surface area contributed by atoms with Gasteiger partial charge in [0, 0.05) is 30.1 Å². The van der Waals surface area contributed by atoms with Crippen molar-refractivity contribution in [2.45, 2.75) is 42.7 Å². The number of piperidine rings is 1. The van der Waals surface area contributed by atoms with E-state index in [9.17, 15) is 14.4 Å². The van der Waals surface area contributed by atoms with E-state index in [4.69, 9.17) is 28.9 Å². The fraction of sp³-hybridized carbons (Fsp3) is 0.550. The Kier molecular flexibility index (Phi) is 4.67. The summed E-state index contributed by atoms with van der Waals surface area (Å²) in [5, 5.41) is 7.68. The van der Waals surface area contributed by atoms with E-state index in [-0.39, 0.29) is 41.9 Å². The second-order valence-corrected chi connectivity index (χ2v) is 10.1. The summed E-state index contributed by atoms with van der Waals surface area (Å²) in [7, 11) is 0. The molecule has 2 aromatic rings. The molecule has 9 nitrogen and oxygen atoms in total. The van der Waals surface area contributed by atoms with Crippen LogP contribution in [-0.4, -0.2) is 60.3 Å². The predicted octanol–water partition coefficient (Wildman–Crippen LogP) is 1.08. The molecule has 2 aliphatic carbocycles. The number of fused-ring (bicyclic) bond motifs is 2. The molecule has 5 rings (SSSR count). The second kappa shape index (κ2) is 7.06. The summed E-state index contributed by atoms with van der Waals surface area (Å²) in [5.74, 6) is -0.613. The molecule has 11 heteroatoms. The monoisotopic (exact) mass is 464 g/mol. The third-order valence-electron chi connectivity index (χ3n) is 6.86. The molecule has 0 bridgehead atoms. The third-order valence-corrected chi connectivity index (χ3v) is 8.11. The van der Waals surface area contributed by atoms with E-state index in [0.29, 0.717) is 29.8 Å². The number of primary amides is 1. The Morgan fingerprint density at radius 3 is 2.74 bits per heavy atom. The first-order valence-corrected chi connectivity index (χ1v) is 11.0. The minimum absolute atomic E-state index is 0.00929. The van der Waals surface area contributed by atoms with E-state index < -0.39 is 16.3 Å². The van der Waals surface area contributed by atoms with Crippen molar-refractivity contribution in [3.63, 3.8) is 0 Å². The van der Waals surface area contributed by atoms with Crippen molar-refractivity contribution in [2.75, 3.05) is 6.54 Å². The van der Waals surface area contributed by atoms with Gasteiger partial charge >= 0.3 is 0 Å². The number of nitrogens with two attached hydrogens (primary N) is 1. The molecular formula is C20H22Cl2N6O3. The molecule has 2 aromatic heterocycles. The number of nitrogens with one attached hydrogen (secondary N) is 1. The molecule has 3 aliphatic rings. The van der Waals surface area contributed by atoms with E-state index in [2.05, 4.69) is 15.4 Å². The molecule has 164 valence electrons. The lowest BCUT2D eigenvalue weighted by Gasteiger charge is -2.27. The van der Waals surface area contributed by atoms with Crippen molar-refractivity contribution in [3.8, 4) is 0 Å². The quantitative estimate of drug-likeness (QED) is 0.618. The number of rotatable bonds is 6. The Bertz CT molecular complexity index is 1100. The molecule has 5 atom stereocenters. The fourth-order valence-corrected chi connectivity index (χ4v) is 5.49. The number of alkyl halides is 2. The molecule has 2 saturated carbocycles. The van der Waals surface area contributed by atoms with E-state index >= 15 is 0 Å². The molecule has 3 heterocycles. The Morgan fingerprint density at radius 1 is 1.32 bits per heavy atom. The number of carbonyl (C=O) groups is 3. The Hall–Kier alpha value is -2.39. The lowest BCUT2D eigenvalue weighted by atomic mass is 10.1. The Morgan fingerprint density at radius 2 is 2.06 bits per heavy atom. The van der Waals surface area contributed by atoms with E-state index in [0.717, 1.165) is 6.42 Å². The highest BCUT2D eigenvalue weighted by atomic mass is 35.5. The average Bonchev–Trinajstić information content (AvgIpc) is 3.44. The predicted molar refractivity (Wildman–Crippen MR) is 113 cm³/mol. The van der Waals surface area contributed by atoms with Gasteiger partial charge in [-0.1, -0.05) is 6.92 Å². The summed E-state index contributed by atoms with van der Waals surface area (Å²) in [4.78, 5) is 43.5. The van der Waals surface area contributed by atoms with Crippen LogP contribution < -0.4 is 11.1 Å². The topological polar surface area (TPSA) is 123 Å². The standard InChI is InChI=1S/C20H22Cl2N6O3/c1-9-12(20(9,21)22)6-25-19(31)14-5-10-4-13(10)28(14)16(29)8-27-15-7-24-3-2-11(15)17(26-27)18(23)30/h2-3,7,9-10,12-14H,4-6,8H2,1H3,(H2,23,30)(H,25,31)/t9-,10-,12-,13-,14+/m1/s1. The van der Waals surface area contributed by atoms with Crippen LogP contribution in [0.1, 0.15) is 30.3 Å². The zero-order chi connectivity index (χ0) is 22.1. The van der Waals surface area contributed by atoms with E-state index in [1.54, 1.807) is 11.0 Å². The molecule has 0 radical (unpaired) electrons. The van der Waals surface area contributed by atoms with Crippen LogP contribution in [0.25, 0.3) is 10.9 Å². The normalized spacial score (nSPS) is 30.2. The highest BCUT2D eigenvalue weighted by molar-refractivity contribution is 6.51. The van der Waals surface area contributed by atoms with Crippen molar-refractivity contribution in [3.05, 3.63) is 24.2 Å². The molecule has 1 aliphatic heterocycles. The number of aromatic nitrogens is 3. The largest absolute Gasteiger partial charge is 0.364 e. The Balaban J connectivity index is 1.31. The van der Waals surface area contributed by atoms with Gasteiger partial charge in [-0.2, -0.15) is 5.10 Å². The van der Waals surface area contributed by atoms with Crippen LogP contribution in [0.5, 0.6) is 0 Å². The van der Waals surface area contributed by atoms with Gasteiger partial charge in [0.1, 0.15) is 16.9 Å². The van der Waals surface area contributed by atoms with Gasteiger partial charge < -0.3 is 16.0 Å². The van der Waals surface area contributed by atoms with Crippen LogP contribution in [0.2, 0.25) is 0 Å². The summed E-state index contributed by atoms with van der Waals surface area (Å²) < 4.78 is 0.630. The molecule has 3 fully saturated rings. The van der Waals surface area contributed by atoms with Crippen molar-refractivity contribution in [1.29, 1.82) is 0 Å². The SMILES string of the molecule is C[C@@H]1[C@@H](CNC(=O)[C@@H]2C[C@H]3C[C@H]3N2C(=O)Cn2nc(C(N)=O)c3ccncc32)C1(Cl)Cl. The van der Waals surface area contributed by atoms with Crippen LogP contribution >= 0.6 is 23.2 Å². The zero-order valence-corrected chi connectivity index (χ0v) is 18.3. The van der Waals surface area contributed by atoms with Crippen LogP contribution in [0, 0.1) is 17.8 Å². The average molecular weight is 465 g/mol. The van der Waals surface area contributed by atoms with Gasteiger partial charge in [0.15, 0.2) is 5.69 Å². The fourth-order valence-electron chi connectivity index (χ4n) is 4.78. The van der Waals surface area contributed by atoms with Gasteiger partial charge in [0.25, 0.3) is 5.91 Å². The lowest BCUT2D eigenvalue weighted by molar-refractivity contribution is -0.140. The highest BCUT2D eigenvalue weighted by Crippen LogP contribution is 2.58. The van der Waals surface area contributed by atoms with Gasteiger partial charge in [0.05, 0.1) is 11.7 Å². The van der Waals surface area contributed by atoms with Crippen LogP contribution in [-0.2, 0) is 16.1 Å². The van der Waals surface area contributed by atoms with Crippen molar-refractivity contribution < 1.29 is 14.4 Å². The maximum Gasteiger partial charge on any atom is 0.269 e. The summed E-state index contributed by atoms with van der Waals surface area (Å²) in [6.07, 6.45) is 4.62. The molecule has 1 saturated heterocycles. The summed E-state index contributed by atoms with van der Waals surface area (Å²) in [6, 6.07) is 1.18. The number of hydrogen-bond donors (Lipinski definition) is 2. The summed E-state index contributed by atoms with van der Waals surface area (Å²) in [6.45, 7) is 2.23. The second-order valence-electron chi connectivity index (χ2n) is 8.69. The molecule has 0 spiro atoms. The number of carbonyl (C=O) groups excluding carboxylic acids is 3. The number of likely N-dealkylation sites (tertiary alicyclic amines) is 1. The first kappa shape index (κ1) is 20.5. The number of pyridine rings is 1. The van der Waals surface area contributed by atoms with Crippen molar-refractivity contribution in [1.82, 2.24) is 25.0 Å². The van der Waals surface area contributed by atoms with Crippen LogP contribution in [0.15, 0.2) is 18.5 Å². The molecule has 0 unspecified atom stereocenters. The number of hydrogen-bond acceptors (Lipinski definition) is 5. The van der Waals surface area contributed by atoms with E-state index in [1.807, 2.05) is 6.92 Å². The van der Waals surface area contributed by atoms with Gasteiger partial charge in [-0.25, -0.2) is 0 Å². The smallest absolute Gasteiger partial charge is 0.269 e. The van der Waals surface area contributed by atoms with E-state index in [1.165, 1.54) is 17.1 Å². The molecule has 0 aromatic carbocycles. The maximum atomic E-state index is 13.2. The van der Waals surface area contributed by atoms with Gasteiger partial charge in [-0.15, -0.1) is 23.2 Å². The molecule has 3 N–H and O–H groups in total. The molecular weight excluding hydrogens is 443 g/mol. The minimum atomic E-state index is -0.798. The molecule has 3 amide bonds. The van der Waals surface area contributed by atoms with Crippen LogP contribution in [0.4, 0.5) is 0 Å². The van der Waals surface area contributed by atoms with Gasteiger partial charge in [-0.05, 0) is 30.7 Å². The summed E-state index contributed by atoms with van der Waals surface area (Å²) in [5.41, 5.74) is 6.06. The number of halogens is 2. The van der Waals surface area contributed by atoms with Gasteiger partial charge in [-0.3, -0.25) is 24.0 Å². The third kappa shape index (κ3) is 3.34. The highest BCUT2D eigenvalue weighted by Gasteiger charge is 2.60. The van der Waals surface area contributed by atoms with Crippen LogP contribution in [0.3, 0.4) is 0 Å². The molecule has 31 heavy (non-hydrogen) atoms. The van der Waals surface area contributed by atoms with Gasteiger partial charge in [0.2, 0.25) is 11.8 Å². The number of nitrogens with zero attached hydrogens (tertiary/aromatic N) is 4. The number of amides is 3. The maximum absolute atomic E-state index is 13.2. The summed E-state index contributed by atoms with van der Waals surface area (Å²) >= 11 is 12.3. The first-order chi connectivity index (χ1) is 14.7. The zero-order valence-electron chi connectivity index (χ0n) is 16.8. The minimum Gasteiger partial charge on any atom is -0.364 e. The first-order valence-electron chi connectivity index (χ1n) is 10.3. The lowest BCUT2D eigenvalue weighted by Crippen LogP contribution is -2.49. The van der Waals surface area contributed by atoms with Crippen molar-refractivity contribution in [2.24, 2.45) is 23.5 Å². The Labute approximate surface area is 188 Å².